The standard InChI is InChI=1S/C11H16N2O3/c1-4-16-7-10(14)13-9-5-8(2)6-12-11(9)15-3/h5-6H,4,7H2,1-3H3,(H,13,14). The third-order valence-electron chi connectivity index (χ3n) is 1.89. The first-order valence-corrected chi connectivity index (χ1v) is 5.05. The van der Waals surface area contributed by atoms with Crippen molar-refractivity contribution in [2.24, 2.45) is 0 Å². The Morgan fingerprint density at radius 2 is 2.31 bits per heavy atom. The van der Waals surface area contributed by atoms with Crippen LogP contribution in [0.5, 0.6) is 5.88 Å². The molecule has 1 aromatic heterocycles. The van der Waals surface area contributed by atoms with Crippen molar-refractivity contribution in [2.45, 2.75) is 13.8 Å². The minimum atomic E-state index is -0.215. The molecule has 1 N–H and O–H groups in total. The summed E-state index contributed by atoms with van der Waals surface area (Å²) >= 11 is 0. The van der Waals surface area contributed by atoms with E-state index in [9.17, 15) is 4.79 Å². The first-order chi connectivity index (χ1) is 7.67. The van der Waals surface area contributed by atoms with E-state index < -0.39 is 0 Å². The van der Waals surface area contributed by atoms with Gasteiger partial charge in [-0.15, -0.1) is 0 Å². The van der Waals surface area contributed by atoms with E-state index in [1.54, 1.807) is 12.3 Å². The number of nitrogens with zero attached hydrogens (tertiary/aromatic N) is 1. The van der Waals surface area contributed by atoms with Gasteiger partial charge in [0.2, 0.25) is 5.88 Å². The number of aryl methyl sites for hydroxylation is 1. The second kappa shape index (κ2) is 6.07. The molecule has 0 spiro atoms. The molecule has 0 aromatic carbocycles. The van der Waals surface area contributed by atoms with Crippen LogP contribution in [0.1, 0.15) is 12.5 Å². The Morgan fingerprint density at radius 1 is 1.56 bits per heavy atom. The van der Waals surface area contributed by atoms with Gasteiger partial charge in [0, 0.05) is 12.8 Å². The highest BCUT2D eigenvalue weighted by molar-refractivity contribution is 5.92. The summed E-state index contributed by atoms with van der Waals surface area (Å²) in [5.74, 6) is 0.183. The Bertz CT molecular complexity index is 366. The molecule has 1 amide bonds. The van der Waals surface area contributed by atoms with Crippen molar-refractivity contribution in [2.75, 3.05) is 25.6 Å². The number of pyridine rings is 1. The monoisotopic (exact) mass is 224 g/mol. The number of amides is 1. The Hall–Kier alpha value is -1.62. The lowest BCUT2D eigenvalue weighted by Crippen LogP contribution is -2.18. The average molecular weight is 224 g/mol. The third-order valence-corrected chi connectivity index (χ3v) is 1.89. The zero-order chi connectivity index (χ0) is 12.0. The molecule has 1 aromatic rings. The molecule has 0 aliphatic rings. The molecule has 0 unspecified atom stereocenters. The van der Waals surface area contributed by atoms with Crippen molar-refractivity contribution in [1.82, 2.24) is 4.98 Å². The van der Waals surface area contributed by atoms with Crippen LogP contribution >= 0.6 is 0 Å². The van der Waals surface area contributed by atoms with Crippen molar-refractivity contribution >= 4 is 11.6 Å². The summed E-state index contributed by atoms with van der Waals surface area (Å²) in [6, 6.07) is 1.80. The highest BCUT2D eigenvalue weighted by Crippen LogP contribution is 2.21. The summed E-state index contributed by atoms with van der Waals surface area (Å²) in [6.45, 7) is 4.27. The van der Waals surface area contributed by atoms with Crippen LogP contribution in [0.4, 0.5) is 5.69 Å². The molecule has 0 aliphatic heterocycles. The molecule has 0 saturated heterocycles. The maximum Gasteiger partial charge on any atom is 0.250 e. The van der Waals surface area contributed by atoms with Crippen molar-refractivity contribution in [3.8, 4) is 5.88 Å². The van der Waals surface area contributed by atoms with Gasteiger partial charge in [0.15, 0.2) is 0 Å². The Morgan fingerprint density at radius 3 is 2.94 bits per heavy atom. The van der Waals surface area contributed by atoms with Crippen molar-refractivity contribution in [1.29, 1.82) is 0 Å². The van der Waals surface area contributed by atoms with Gasteiger partial charge in [-0.2, -0.15) is 0 Å². The van der Waals surface area contributed by atoms with E-state index in [1.807, 2.05) is 13.8 Å². The average Bonchev–Trinajstić information content (AvgIpc) is 2.27. The number of anilines is 1. The van der Waals surface area contributed by atoms with Crippen molar-refractivity contribution in [3.05, 3.63) is 17.8 Å². The first-order valence-electron chi connectivity index (χ1n) is 5.05. The van der Waals surface area contributed by atoms with Crippen molar-refractivity contribution in [3.63, 3.8) is 0 Å². The summed E-state index contributed by atoms with van der Waals surface area (Å²) in [4.78, 5) is 15.5. The fraction of sp³-hybridized carbons (Fsp3) is 0.455. The normalized spacial score (nSPS) is 9.94. The quantitative estimate of drug-likeness (QED) is 0.820. The number of nitrogens with one attached hydrogen (secondary N) is 1. The van der Waals surface area contributed by atoms with E-state index in [-0.39, 0.29) is 12.5 Å². The molecule has 0 aliphatic carbocycles. The molecular formula is C11H16N2O3. The van der Waals surface area contributed by atoms with Crippen LogP contribution in [-0.2, 0) is 9.53 Å². The van der Waals surface area contributed by atoms with Gasteiger partial charge in [0.25, 0.3) is 5.91 Å². The molecule has 0 radical (unpaired) electrons. The molecule has 5 heteroatoms. The fourth-order valence-electron chi connectivity index (χ4n) is 1.19. The van der Waals surface area contributed by atoms with Gasteiger partial charge < -0.3 is 14.8 Å². The van der Waals surface area contributed by atoms with Gasteiger partial charge in [-0.1, -0.05) is 0 Å². The van der Waals surface area contributed by atoms with Crippen LogP contribution in [0.15, 0.2) is 12.3 Å². The van der Waals surface area contributed by atoms with Gasteiger partial charge in [0.1, 0.15) is 12.3 Å². The maximum atomic E-state index is 11.4. The number of ether oxygens (including phenoxy) is 2. The van der Waals surface area contributed by atoms with Crippen LogP contribution < -0.4 is 10.1 Å². The topological polar surface area (TPSA) is 60.5 Å². The molecule has 0 saturated carbocycles. The number of carbonyl (C=O) groups excluding carboxylic acids is 1. The van der Waals surface area contributed by atoms with Gasteiger partial charge in [-0.25, -0.2) is 4.98 Å². The molecule has 0 fully saturated rings. The van der Waals surface area contributed by atoms with Crippen LogP contribution in [-0.4, -0.2) is 31.2 Å². The van der Waals surface area contributed by atoms with Crippen LogP contribution in [0.25, 0.3) is 0 Å². The Kier molecular flexibility index (Phi) is 4.72. The van der Waals surface area contributed by atoms with Crippen LogP contribution in [0.2, 0.25) is 0 Å². The minimum Gasteiger partial charge on any atom is -0.480 e. The highest BCUT2D eigenvalue weighted by Gasteiger charge is 2.08. The lowest BCUT2D eigenvalue weighted by atomic mass is 10.3. The molecular weight excluding hydrogens is 208 g/mol. The predicted octanol–water partition coefficient (Wildman–Crippen LogP) is 1.37. The van der Waals surface area contributed by atoms with E-state index in [1.165, 1.54) is 7.11 Å². The van der Waals surface area contributed by atoms with Crippen LogP contribution in [0, 0.1) is 6.92 Å². The summed E-state index contributed by atoms with van der Waals surface area (Å²) in [6.07, 6.45) is 1.68. The molecule has 0 atom stereocenters. The predicted molar refractivity (Wildman–Crippen MR) is 60.6 cm³/mol. The van der Waals surface area contributed by atoms with Crippen LogP contribution in [0.3, 0.4) is 0 Å². The van der Waals surface area contributed by atoms with E-state index in [0.717, 1.165) is 5.56 Å². The van der Waals surface area contributed by atoms with E-state index in [2.05, 4.69) is 10.3 Å². The molecule has 1 heterocycles. The maximum absolute atomic E-state index is 11.4. The van der Waals surface area contributed by atoms with E-state index >= 15 is 0 Å². The van der Waals surface area contributed by atoms with Gasteiger partial charge in [-0.05, 0) is 25.5 Å². The number of carbonyl (C=O) groups is 1. The van der Waals surface area contributed by atoms with Gasteiger partial charge in [0.05, 0.1) is 7.11 Å². The number of methoxy groups -OCH3 is 1. The Balaban J connectivity index is 2.71. The SMILES string of the molecule is CCOCC(=O)Nc1cc(C)cnc1OC. The summed E-state index contributed by atoms with van der Waals surface area (Å²) in [7, 11) is 1.51. The van der Waals surface area contributed by atoms with E-state index in [4.69, 9.17) is 9.47 Å². The number of hydrogen-bond acceptors (Lipinski definition) is 4. The van der Waals surface area contributed by atoms with Gasteiger partial charge >= 0.3 is 0 Å². The second-order valence-corrected chi connectivity index (χ2v) is 3.25. The number of rotatable bonds is 5. The fourth-order valence-corrected chi connectivity index (χ4v) is 1.19. The Labute approximate surface area is 94.8 Å². The largest absolute Gasteiger partial charge is 0.480 e. The smallest absolute Gasteiger partial charge is 0.250 e. The number of aromatic nitrogens is 1. The van der Waals surface area contributed by atoms with E-state index in [0.29, 0.717) is 18.2 Å². The lowest BCUT2D eigenvalue weighted by molar-refractivity contribution is -0.120. The summed E-state index contributed by atoms with van der Waals surface area (Å²) in [5.41, 5.74) is 1.51. The zero-order valence-corrected chi connectivity index (χ0v) is 9.74. The molecule has 88 valence electrons. The molecule has 0 bridgehead atoms. The minimum absolute atomic E-state index is 0.0353. The zero-order valence-electron chi connectivity index (χ0n) is 9.74. The lowest BCUT2D eigenvalue weighted by Gasteiger charge is -2.09. The molecule has 5 nitrogen and oxygen atoms in total. The summed E-state index contributed by atoms with van der Waals surface area (Å²) < 4.78 is 10.0. The highest BCUT2D eigenvalue weighted by atomic mass is 16.5. The van der Waals surface area contributed by atoms with Gasteiger partial charge in [-0.3, -0.25) is 4.79 Å². The molecule has 1 rings (SSSR count). The molecule has 16 heavy (non-hydrogen) atoms. The number of hydrogen-bond donors (Lipinski definition) is 1. The first kappa shape index (κ1) is 12.4. The van der Waals surface area contributed by atoms with Crippen molar-refractivity contribution < 1.29 is 14.3 Å². The second-order valence-electron chi connectivity index (χ2n) is 3.25. The third kappa shape index (κ3) is 3.51. The summed E-state index contributed by atoms with van der Waals surface area (Å²) in [5, 5.41) is 2.69.